The van der Waals surface area contributed by atoms with Crippen molar-refractivity contribution in [2.45, 2.75) is 0 Å². The van der Waals surface area contributed by atoms with Crippen molar-refractivity contribution < 1.29 is 9.47 Å². The Bertz CT molecular complexity index is 474. The minimum atomic E-state index is 0.408. The van der Waals surface area contributed by atoms with E-state index in [0.29, 0.717) is 23.1 Å². The van der Waals surface area contributed by atoms with Crippen LogP contribution in [0.3, 0.4) is 0 Å². The van der Waals surface area contributed by atoms with E-state index in [1.54, 1.807) is 43.6 Å². The molecule has 2 aromatic rings. The Morgan fingerprint density at radius 3 is 2.75 bits per heavy atom. The molecule has 2 rings (SSSR count). The maximum absolute atomic E-state index is 5.63. The second-order valence-corrected chi connectivity index (χ2v) is 3.07. The first-order valence-electron chi connectivity index (χ1n) is 4.68. The maximum atomic E-state index is 5.63. The highest BCUT2D eigenvalue weighted by Gasteiger charge is 2.06. The summed E-state index contributed by atoms with van der Waals surface area (Å²) in [5.41, 5.74) is 6.25. The smallest absolute Gasteiger partial charge is 0.239 e. The van der Waals surface area contributed by atoms with Crippen LogP contribution in [-0.2, 0) is 0 Å². The van der Waals surface area contributed by atoms with Gasteiger partial charge in [0.25, 0.3) is 0 Å². The first-order valence-corrected chi connectivity index (χ1v) is 4.68. The number of nitrogens with zero attached hydrogens (tertiary/aromatic N) is 2. The summed E-state index contributed by atoms with van der Waals surface area (Å²) >= 11 is 0. The number of nitrogens with two attached hydrogens (primary N) is 1. The van der Waals surface area contributed by atoms with Crippen molar-refractivity contribution in [2.75, 3.05) is 12.8 Å². The van der Waals surface area contributed by atoms with Crippen molar-refractivity contribution >= 4 is 5.69 Å². The molecule has 0 aliphatic carbocycles. The van der Waals surface area contributed by atoms with E-state index in [1.165, 1.54) is 0 Å². The lowest BCUT2D eigenvalue weighted by atomic mass is 10.3. The van der Waals surface area contributed by atoms with Crippen LogP contribution in [0.2, 0.25) is 0 Å². The van der Waals surface area contributed by atoms with E-state index in [4.69, 9.17) is 15.2 Å². The lowest BCUT2D eigenvalue weighted by Crippen LogP contribution is -1.94. The van der Waals surface area contributed by atoms with Crippen LogP contribution >= 0.6 is 0 Å². The minimum absolute atomic E-state index is 0.408. The maximum Gasteiger partial charge on any atom is 0.239 e. The van der Waals surface area contributed by atoms with Gasteiger partial charge in [0.1, 0.15) is 0 Å². The zero-order chi connectivity index (χ0) is 11.4. The zero-order valence-electron chi connectivity index (χ0n) is 8.75. The molecule has 82 valence electrons. The van der Waals surface area contributed by atoms with E-state index in [0.717, 1.165) is 0 Å². The molecule has 16 heavy (non-hydrogen) atoms. The lowest BCUT2D eigenvalue weighted by molar-refractivity contribution is 0.372. The molecule has 1 heterocycles. The highest BCUT2D eigenvalue weighted by molar-refractivity contribution is 5.52. The number of nitrogen functional groups attached to an aromatic ring is 1. The molecule has 5 heteroatoms. The number of hydrogen-bond donors (Lipinski definition) is 1. The summed E-state index contributed by atoms with van der Waals surface area (Å²) in [6.07, 6.45) is 1.58. The number of aromatic nitrogens is 2. The van der Waals surface area contributed by atoms with Gasteiger partial charge in [-0.1, -0.05) is 0 Å². The SMILES string of the molecule is COc1cc(N)ccc1Oc1cccnn1. The molecule has 0 saturated heterocycles. The van der Waals surface area contributed by atoms with Gasteiger partial charge in [0.2, 0.25) is 5.88 Å². The molecule has 0 unspecified atom stereocenters. The fourth-order valence-corrected chi connectivity index (χ4v) is 1.22. The number of ether oxygens (including phenoxy) is 2. The van der Waals surface area contributed by atoms with E-state index >= 15 is 0 Å². The van der Waals surface area contributed by atoms with Crippen molar-refractivity contribution in [2.24, 2.45) is 0 Å². The third kappa shape index (κ3) is 2.20. The van der Waals surface area contributed by atoms with Gasteiger partial charge >= 0.3 is 0 Å². The summed E-state index contributed by atoms with van der Waals surface area (Å²) in [4.78, 5) is 0. The molecule has 0 fully saturated rings. The molecule has 0 aliphatic heterocycles. The van der Waals surface area contributed by atoms with Gasteiger partial charge in [-0.05, 0) is 18.2 Å². The first-order chi connectivity index (χ1) is 7.79. The molecule has 1 aromatic heterocycles. The Morgan fingerprint density at radius 1 is 1.19 bits per heavy atom. The molecule has 0 radical (unpaired) electrons. The summed E-state index contributed by atoms with van der Waals surface area (Å²) < 4.78 is 10.6. The van der Waals surface area contributed by atoms with Gasteiger partial charge in [-0.25, -0.2) is 0 Å². The van der Waals surface area contributed by atoms with Crippen molar-refractivity contribution in [3.05, 3.63) is 36.5 Å². The van der Waals surface area contributed by atoms with E-state index in [1.807, 2.05) is 0 Å². The summed E-state index contributed by atoms with van der Waals surface area (Å²) in [6, 6.07) is 8.59. The van der Waals surface area contributed by atoms with Gasteiger partial charge in [-0.3, -0.25) is 0 Å². The molecule has 0 atom stereocenters. The predicted octanol–water partition coefficient (Wildman–Crippen LogP) is 1.86. The molecular weight excluding hydrogens is 206 g/mol. The second-order valence-electron chi connectivity index (χ2n) is 3.07. The van der Waals surface area contributed by atoms with Crippen LogP contribution in [0, 0.1) is 0 Å². The van der Waals surface area contributed by atoms with Gasteiger partial charge in [0, 0.05) is 24.0 Å². The van der Waals surface area contributed by atoms with Crippen LogP contribution in [0.25, 0.3) is 0 Å². The van der Waals surface area contributed by atoms with Crippen LogP contribution < -0.4 is 15.2 Å². The summed E-state index contributed by atoms with van der Waals surface area (Å²) in [6.45, 7) is 0. The van der Waals surface area contributed by atoms with Gasteiger partial charge in [0.15, 0.2) is 11.5 Å². The minimum Gasteiger partial charge on any atom is -0.493 e. The highest BCUT2D eigenvalue weighted by atomic mass is 16.5. The average molecular weight is 217 g/mol. The van der Waals surface area contributed by atoms with E-state index in [9.17, 15) is 0 Å². The monoisotopic (exact) mass is 217 g/mol. The molecule has 0 saturated carbocycles. The molecule has 5 nitrogen and oxygen atoms in total. The average Bonchev–Trinajstić information content (AvgIpc) is 2.33. The zero-order valence-corrected chi connectivity index (χ0v) is 8.75. The number of methoxy groups -OCH3 is 1. The number of benzene rings is 1. The van der Waals surface area contributed by atoms with E-state index in [2.05, 4.69) is 10.2 Å². The molecular formula is C11H11N3O2. The summed E-state index contributed by atoms with van der Waals surface area (Å²) in [5.74, 6) is 1.52. The number of anilines is 1. The molecule has 0 spiro atoms. The largest absolute Gasteiger partial charge is 0.493 e. The van der Waals surface area contributed by atoms with E-state index in [-0.39, 0.29) is 0 Å². The van der Waals surface area contributed by atoms with Crippen molar-refractivity contribution in [1.29, 1.82) is 0 Å². The molecule has 1 aromatic carbocycles. The van der Waals surface area contributed by atoms with Crippen LogP contribution in [-0.4, -0.2) is 17.3 Å². The molecule has 0 aliphatic rings. The first kappa shape index (κ1) is 10.2. The molecule has 0 bridgehead atoms. The fraction of sp³-hybridized carbons (Fsp3) is 0.0909. The predicted molar refractivity (Wildman–Crippen MR) is 59.5 cm³/mol. The summed E-state index contributed by atoms with van der Waals surface area (Å²) in [5, 5.41) is 7.53. The molecule has 0 amide bonds. The Hall–Kier alpha value is -2.30. The van der Waals surface area contributed by atoms with Crippen molar-refractivity contribution in [1.82, 2.24) is 10.2 Å². The van der Waals surface area contributed by atoms with Crippen molar-refractivity contribution in [3.63, 3.8) is 0 Å². The second kappa shape index (κ2) is 4.48. The highest BCUT2D eigenvalue weighted by Crippen LogP contribution is 2.31. The van der Waals surface area contributed by atoms with Crippen LogP contribution in [0.4, 0.5) is 5.69 Å². The topological polar surface area (TPSA) is 70.3 Å². The standard InChI is InChI=1S/C11H11N3O2/c1-15-10-7-8(12)4-5-9(10)16-11-3-2-6-13-14-11/h2-7H,12H2,1H3. The van der Waals surface area contributed by atoms with Gasteiger partial charge in [0.05, 0.1) is 7.11 Å². The third-order valence-corrected chi connectivity index (χ3v) is 1.95. The quantitative estimate of drug-likeness (QED) is 0.794. The Morgan fingerprint density at radius 2 is 2.06 bits per heavy atom. The Labute approximate surface area is 92.8 Å². The molecule has 2 N–H and O–H groups in total. The number of hydrogen-bond acceptors (Lipinski definition) is 5. The Kier molecular flexibility index (Phi) is 2.86. The third-order valence-electron chi connectivity index (χ3n) is 1.95. The van der Waals surface area contributed by atoms with Crippen LogP contribution in [0.15, 0.2) is 36.5 Å². The lowest BCUT2D eigenvalue weighted by Gasteiger charge is -2.09. The Balaban J connectivity index is 2.28. The van der Waals surface area contributed by atoms with Gasteiger partial charge in [-0.2, -0.15) is 5.10 Å². The normalized spacial score (nSPS) is 9.81. The van der Waals surface area contributed by atoms with Crippen LogP contribution in [0.5, 0.6) is 17.4 Å². The van der Waals surface area contributed by atoms with Crippen molar-refractivity contribution in [3.8, 4) is 17.4 Å². The fourth-order valence-electron chi connectivity index (χ4n) is 1.22. The van der Waals surface area contributed by atoms with Crippen LogP contribution in [0.1, 0.15) is 0 Å². The van der Waals surface area contributed by atoms with Gasteiger partial charge in [-0.15, -0.1) is 5.10 Å². The summed E-state index contributed by atoms with van der Waals surface area (Å²) in [7, 11) is 1.55. The number of rotatable bonds is 3. The van der Waals surface area contributed by atoms with Gasteiger partial charge < -0.3 is 15.2 Å². The van der Waals surface area contributed by atoms with E-state index < -0.39 is 0 Å².